The number of nitrogens with zero attached hydrogens (tertiary/aromatic N) is 1. The molecule has 2 fully saturated rings. The molecule has 3 heteroatoms. The van der Waals surface area contributed by atoms with Crippen LogP contribution in [-0.2, 0) is 0 Å². The number of hydrogen-bond acceptors (Lipinski definition) is 3. The number of piperidine rings is 1. The quantitative estimate of drug-likeness (QED) is 0.783. The molecule has 2 unspecified atom stereocenters. The van der Waals surface area contributed by atoms with Gasteiger partial charge >= 0.3 is 0 Å². The van der Waals surface area contributed by atoms with Crippen molar-refractivity contribution >= 4 is 11.8 Å². The number of likely N-dealkylation sites (tertiary alicyclic amines) is 1. The molecular formula is C12H24N2S. The fourth-order valence-corrected chi connectivity index (χ4v) is 3.93. The molecule has 0 aliphatic carbocycles. The molecule has 0 aromatic heterocycles. The molecule has 0 amide bonds. The normalized spacial score (nSPS) is 32.8. The molecule has 2 rings (SSSR count). The number of nitrogens with two attached hydrogens (primary N) is 1. The molecule has 2 aliphatic heterocycles. The zero-order valence-corrected chi connectivity index (χ0v) is 10.6. The Kier molecular flexibility index (Phi) is 4.35. The monoisotopic (exact) mass is 228 g/mol. The Morgan fingerprint density at radius 1 is 1.27 bits per heavy atom. The summed E-state index contributed by atoms with van der Waals surface area (Å²) in [6, 6.07) is 1.25. The summed E-state index contributed by atoms with van der Waals surface area (Å²) < 4.78 is 0. The Hall–Kier alpha value is 0.270. The lowest BCUT2D eigenvalue weighted by molar-refractivity contribution is 0.108. The van der Waals surface area contributed by atoms with Crippen LogP contribution in [0.3, 0.4) is 0 Å². The average Bonchev–Trinajstić information content (AvgIpc) is 2.30. The van der Waals surface area contributed by atoms with E-state index in [4.69, 9.17) is 5.73 Å². The highest BCUT2D eigenvalue weighted by Crippen LogP contribution is 2.27. The summed E-state index contributed by atoms with van der Waals surface area (Å²) in [5, 5.41) is 0. The first-order valence-electron chi connectivity index (χ1n) is 6.35. The molecule has 0 aromatic rings. The van der Waals surface area contributed by atoms with Crippen LogP contribution < -0.4 is 5.73 Å². The van der Waals surface area contributed by atoms with Crippen LogP contribution in [0.1, 0.15) is 32.6 Å². The Bertz CT molecular complexity index is 190. The molecule has 0 bridgehead atoms. The predicted octanol–water partition coefficient (Wildman–Crippen LogP) is 1.94. The van der Waals surface area contributed by atoms with Gasteiger partial charge in [0, 0.05) is 18.6 Å². The van der Waals surface area contributed by atoms with Crippen LogP contribution >= 0.6 is 11.8 Å². The molecule has 2 atom stereocenters. The largest absolute Gasteiger partial charge is 0.328 e. The minimum Gasteiger partial charge on any atom is -0.328 e. The maximum Gasteiger partial charge on any atom is 0.0111 e. The van der Waals surface area contributed by atoms with Crippen molar-refractivity contribution in [2.75, 3.05) is 24.6 Å². The van der Waals surface area contributed by atoms with Crippen molar-refractivity contribution in [2.45, 2.75) is 44.7 Å². The van der Waals surface area contributed by atoms with E-state index in [9.17, 15) is 0 Å². The minimum atomic E-state index is 0.380. The summed E-state index contributed by atoms with van der Waals surface area (Å²) in [6.45, 7) is 4.75. The SMILES string of the molecule is CC(N)C1CCCN(C2CCSCC2)C1. The van der Waals surface area contributed by atoms with Crippen LogP contribution in [-0.4, -0.2) is 41.6 Å². The number of thioether (sulfide) groups is 1. The first-order chi connectivity index (χ1) is 7.27. The van der Waals surface area contributed by atoms with Gasteiger partial charge in [0.25, 0.3) is 0 Å². The minimum absolute atomic E-state index is 0.380. The van der Waals surface area contributed by atoms with E-state index in [1.807, 2.05) is 0 Å². The second-order valence-electron chi connectivity index (χ2n) is 5.10. The lowest BCUT2D eigenvalue weighted by Gasteiger charge is -2.41. The van der Waals surface area contributed by atoms with Crippen LogP contribution in [0.15, 0.2) is 0 Å². The van der Waals surface area contributed by atoms with Crippen LogP contribution in [0.2, 0.25) is 0 Å². The first kappa shape index (κ1) is 11.7. The highest BCUT2D eigenvalue weighted by atomic mass is 32.2. The van der Waals surface area contributed by atoms with E-state index in [-0.39, 0.29) is 0 Å². The highest BCUT2D eigenvalue weighted by Gasteiger charge is 2.28. The molecule has 15 heavy (non-hydrogen) atoms. The van der Waals surface area contributed by atoms with E-state index < -0.39 is 0 Å². The van der Waals surface area contributed by atoms with Gasteiger partial charge in [-0.2, -0.15) is 11.8 Å². The molecule has 0 saturated carbocycles. The Labute approximate surface area is 98.0 Å². The van der Waals surface area contributed by atoms with Crippen molar-refractivity contribution in [3.63, 3.8) is 0 Å². The third-order valence-electron chi connectivity index (χ3n) is 3.94. The summed E-state index contributed by atoms with van der Waals surface area (Å²) in [7, 11) is 0. The summed E-state index contributed by atoms with van der Waals surface area (Å²) in [4.78, 5) is 2.72. The zero-order chi connectivity index (χ0) is 10.7. The summed E-state index contributed by atoms with van der Waals surface area (Å²) in [5.41, 5.74) is 6.03. The predicted molar refractivity (Wildman–Crippen MR) is 68.3 cm³/mol. The summed E-state index contributed by atoms with van der Waals surface area (Å²) in [5.74, 6) is 3.47. The van der Waals surface area contributed by atoms with Gasteiger partial charge in [0.15, 0.2) is 0 Å². The summed E-state index contributed by atoms with van der Waals surface area (Å²) in [6.07, 6.45) is 5.50. The molecule has 0 aromatic carbocycles. The molecule has 2 aliphatic rings. The van der Waals surface area contributed by atoms with Gasteiger partial charge < -0.3 is 5.73 Å². The van der Waals surface area contributed by atoms with E-state index in [0.29, 0.717) is 6.04 Å². The highest BCUT2D eigenvalue weighted by molar-refractivity contribution is 7.99. The number of hydrogen-bond donors (Lipinski definition) is 1. The third-order valence-corrected chi connectivity index (χ3v) is 4.99. The topological polar surface area (TPSA) is 29.3 Å². The van der Waals surface area contributed by atoms with Crippen LogP contribution in [0.25, 0.3) is 0 Å². The lowest BCUT2D eigenvalue weighted by atomic mass is 9.90. The third kappa shape index (κ3) is 3.11. The molecular weight excluding hydrogens is 204 g/mol. The van der Waals surface area contributed by atoms with Crippen molar-refractivity contribution in [1.82, 2.24) is 4.90 Å². The molecule has 2 N–H and O–H groups in total. The molecule has 2 heterocycles. The first-order valence-corrected chi connectivity index (χ1v) is 7.50. The second kappa shape index (κ2) is 5.55. The Morgan fingerprint density at radius 2 is 2.00 bits per heavy atom. The zero-order valence-electron chi connectivity index (χ0n) is 9.82. The maximum absolute atomic E-state index is 6.03. The van der Waals surface area contributed by atoms with Gasteiger partial charge in [-0.1, -0.05) is 0 Å². The van der Waals surface area contributed by atoms with Crippen molar-refractivity contribution < 1.29 is 0 Å². The lowest BCUT2D eigenvalue weighted by Crippen LogP contribution is -2.47. The van der Waals surface area contributed by atoms with Gasteiger partial charge in [0.1, 0.15) is 0 Å². The van der Waals surface area contributed by atoms with Crippen molar-refractivity contribution in [3.8, 4) is 0 Å². The van der Waals surface area contributed by atoms with Crippen LogP contribution in [0.5, 0.6) is 0 Å². The van der Waals surface area contributed by atoms with Crippen molar-refractivity contribution in [3.05, 3.63) is 0 Å². The van der Waals surface area contributed by atoms with E-state index in [0.717, 1.165) is 12.0 Å². The molecule has 0 radical (unpaired) electrons. The molecule has 0 spiro atoms. The van der Waals surface area contributed by atoms with Gasteiger partial charge in [-0.15, -0.1) is 0 Å². The maximum atomic E-state index is 6.03. The fourth-order valence-electron chi connectivity index (χ4n) is 2.85. The van der Waals surface area contributed by atoms with Crippen LogP contribution in [0, 0.1) is 5.92 Å². The van der Waals surface area contributed by atoms with E-state index in [1.165, 1.54) is 50.3 Å². The van der Waals surface area contributed by atoms with Gasteiger partial charge in [-0.3, -0.25) is 4.90 Å². The van der Waals surface area contributed by atoms with Gasteiger partial charge in [-0.05, 0) is 56.6 Å². The van der Waals surface area contributed by atoms with Gasteiger partial charge in [-0.25, -0.2) is 0 Å². The fraction of sp³-hybridized carbons (Fsp3) is 1.00. The van der Waals surface area contributed by atoms with Crippen LogP contribution in [0.4, 0.5) is 0 Å². The van der Waals surface area contributed by atoms with Crippen molar-refractivity contribution in [2.24, 2.45) is 11.7 Å². The summed E-state index contributed by atoms with van der Waals surface area (Å²) >= 11 is 2.12. The van der Waals surface area contributed by atoms with E-state index >= 15 is 0 Å². The molecule has 2 saturated heterocycles. The Morgan fingerprint density at radius 3 is 2.67 bits per heavy atom. The standard InChI is InChI=1S/C12H24N2S/c1-10(13)11-3-2-6-14(9-11)12-4-7-15-8-5-12/h10-12H,2-9,13H2,1H3. The number of rotatable bonds is 2. The van der Waals surface area contributed by atoms with E-state index in [1.54, 1.807) is 0 Å². The van der Waals surface area contributed by atoms with E-state index in [2.05, 4.69) is 23.6 Å². The second-order valence-corrected chi connectivity index (χ2v) is 6.32. The van der Waals surface area contributed by atoms with Gasteiger partial charge in [0.05, 0.1) is 0 Å². The smallest absolute Gasteiger partial charge is 0.0111 e. The molecule has 2 nitrogen and oxygen atoms in total. The average molecular weight is 228 g/mol. The van der Waals surface area contributed by atoms with Gasteiger partial charge in [0.2, 0.25) is 0 Å². The molecule has 88 valence electrons. The Balaban J connectivity index is 1.85. The van der Waals surface area contributed by atoms with Crippen molar-refractivity contribution in [1.29, 1.82) is 0 Å².